The fraction of sp³-hybridized carbons (Fsp3) is 0.429. The highest BCUT2D eigenvalue weighted by molar-refractivity contribution is 5.30. The molecule has 1 aromatic rings. The number of methoxy groups -OCH3 is 1. The van der Waals surface area contributed by atoms with Crippen LogP contribution in [0.25, 0.3) is 0 Å². The summed E-state index contributed by atoms with van der Waals surface area (Å²) >= 11 is 0. The lowest BCUT2D eigenvalue weighted by atomic mass is 10.0. The lowest BCUT2D eigenvalue weighted by molar-refractivity contribution is 0.203. The first-order chi connectivity index (χ1) is 12.3. The molecular weight excluding hydrogens is 330 g/mol. The van der Waals surface area contributed by atoms with Gasteiger partial charge in [0.15, 0.2) is 0 Å². The number of phenols is 1. The van der Waals surface area contributed by atoms with Crippen molar-refractivity contribution in [3.63, 3.8) is 0 Å². The number of ether oxygens (including phenoxy) is 1. The van der Waals surface area contributed by atoms with Crippen LogP contribution in [0.15, 0.2) is 60.1 Å². The van der Waals surface area contributed by atoms with Gasteiger partial charge >= 0.3 is 0 Å². The van der Waals surface area contributed by atoms with Crippen molar-refractivity contribution in [1.82, 2.24) is 5.32 Å². The van der Waals surface area contributed by atoms with E-state index in [1.54, 1.807) is 18.2 Å². The van der Waals surface area contributed by atoms with Crippen molar-refractivity contribution < 1.29 is 20.1 Å². The number of aliphatic hydroxyl groups is 2. The lowest BCUT2D eigenvalue weighted by Gasteiger charge is -2.18. The highest BCUT2D eigenvalue weighted by atomic mass is 16.5. The Hall–Kier alpha value is -2.24. The molecular formula is C21H33NO4. The molecule has 146 valence electrons. The molecule has 0 aliphatic heterocycles. The molecule has 4 N–H and O–H groups in total. The summed E-state index contributed by atoms with van der Waals surface area (Å²) < 4.78 is 4.99. The third-order valence-electron chi connectivity index (χ3n) is 3.49. The van der Waals surface area contributed by atoms with Gasteiger partial charge in [-0.25, -0.2) is 0 Å². The second-order valence-corrected chi connectivity index (χ2v) is 5.80. The van der Waals surface area contributed by atoms with Gasteiger partial charge in [-0.15, -0.1) is 0 Å². The summed E-state index contributed by atoms with van der Waals surface area (Å²) in [4.78, 5) is 0. The molecule has 0 aromatic heterocycles. The normalized spacial score (nSPS) is 14.1. The topological polar surface area (TPSA) is 82.0 Å². The molecule has 1 rings (SSSR count). The molecule has 0 amide bonds. The first-order valence-corrected chi connectivity index (χ1v) is 8.83. The summed E-state index contributed by atoms with van der Waals surface area (Å²) in [6.07, 6.45) is 3.05. The van der Waals surface area contributed by atoms with E-state index in [0.717, 1.165) is 12.0 Å². The van der Waals surface area contributed by atoms with Crippen molar-refractivity contribution in [3.8, 4) is 5.75 Å². The van der Waals surface area contributed by atoms with Gasteiger partial charge in [0.2, 0.25) is 0 Å². The van der Waals surface area contributed by atoms with E-state index in [2.05, 4.69) is 11.9 Å². The highest BCUT2D eigenvalue weighted by Crippen LogP contribution is 2.13. The van der Waals surface area contributed by atoms with Gasteiger partial charge in [0, 0.05) is 12.6 Å². The van der Waals surface area contributed by atoms with Crippen LogP contribution in [0.4, 0.5) is 0 Å². The SMILES string of the molecule is C=C(/C=C(\C=C(/C)O)C(O)CNC(C)Cc1ccc(O)cc1)OC.CC. The molecule has 2 unspecified atom stereocenters. The number of phenolic OH excluding ortho intramolecular Hbond substituents is 1. The maximum atomic E-state index is 10.3. The van der Waals surface area contributed by atoms with E-state index >= 15 is 0 Å². The van der Waals surface area contributed by atoms with Gasteiger partial charge in [0.1, 0.15) is 11.5 Å². The van der Waals surface area contributed by atoms with Gasteiger partial charge in [0.05, 0.1) is 19.0 Å². The van der Waals surface area contributed by atoms with Gasteiger partial charge < -0.3 is 25.4 Å². The number of aromatic hydroxyl groups is 1. The zero-order valence-corrected chi connectivity index (χ0v) is 16.5. The number of nitrogens with one attached hydrogen (secondary N) is 1. The summed E-state index contributed by atoms with van der Waals surface area (Å²) in [5.41, 5.74) is 1.61. The number of benzene rings is 1. The number of aliphatic hydroxyl groups excluding tert-OH is 2. The van der Waals surface area contributed by atoms with Crippen LogP contribution in [-0.2, 0) is 11.2 Å². The third-order valence-corrected chi connectivity index (χ3v) is 3.49. The molecule has 0 heterocycles. The summed E-state index contributed by atoms with van der Waals surface area (Å²) in [6.45, 7) is 11.6. The second kappa shape index (κ2) is 13.0. The molecule has 0 spiro atoms. The number of hydrogen-bond acceptors (Lipinski definition) is 5. The Morgan fingerprint density at radius 3 is 2.31 bits per heavy atom. The minimum Gasteiger partial charge on any atom is -0.513 e. The molecule has 2 atom stereocenters. The number of hydrogen-bond donors (Lipinski definition) is 4. The van der Waals surface area contributed by atoms with E-state index in [9.17, 15) is 15.3 Å². The van der Waals surface area contributed by atoms with Gasteiger partial charge in [0.25, 0.3) is 0 Å². The van der Waals surface area contributed by atoms with Crippen LogP contribution >= 0.6 is 0 Å². The minimum atomic E-state index is -0.804. The van der Waals surface area contributed by atoms with Crippen molar-refractivity contribution in [3.05, 3.63) is 65.7 Å². The zero-order valence-electron chi connectivity index (χ0n) is 16.5. The monoisotopic (exact) mass is 363 g/mol. The maximum Gasteiger partial charge on any atom is 0.115 e. The van der Waals surface area contributed by atoms with Crippen LogP contribution in [0.3, 0.4) is 0 Å². The van der Waals surface area contributed by atoms with Crippen molar-refractivity contribution >= 4 is 0 Å². The zero-order chi connectivity index (χ0) is 20.1. The Morgan fingerprint density at radius 2 is 1.81 bits per heavy atom. The van der Waals surface area contributed by atoms with Crippen molar-refractivity contribution in [1.29, 1.82) is 0 Å². The molecule has 0 saturated carbocycles. The summed E-state index contributed by atoms with van der Waals surface area (Å²) in [5.74, 6) is 0.745. The van der Waals surface area contributed by atoms with Crippen LogP contribution < -0.4 is 5.32 Å². The fourth-order valence-corrected chi connectivity index (χ4v) is 2.21. The molecule has 0 bridgehead atoms. The maximum absolute atomic E-state index is 10.3. The first kappa shape index (κ1) is 23.8. The number of allylic oxidation sites excluding steroid dienone is 2. The van der Waals surface area contributed by atoms with E-state index in [1.165, 1.54) is 20.1 Å². The largest absolute Gasteiger partial charge is 0.513 e. The average molecular weight is 363 g/mol. The van der Waals surface area contributed by atoms with E-state index in [0.29, 0.717) is 17.9 Å². The summed E-state index contributed by atoms with van der Waals surface area (Å²) in [7, 11) is 1.50. The highest BCUT2D eigenvalue weighted by Gasteiger charge is 2.12. The molecule has 0 fully saturated rings. The summed E-state index contributed by atoms with van der Waals surface area (Å²) in [6, 6.07) is 7.19. The fourth-order valence-electron chi connectivity index (χ4n) is 2.21. The Labute approximate surface area is 157 Å². The predicted octanol–water partition coefficient (Wildman–Crippen LogP) is 3.85. The lowest BCUT2D eigenvalue weighted by Crippen LogP contribution is -2.35. The van der Waals surface area contributed by atoms with Gasteiger partial charge in [-0.1, -0.05) is 32.6 Å². The molecule has 0 saturated heterocycles. The quantitative estimate of drug-likeness (QED) is 0.396. The standard InChI is InChI=1S/C19H27NO4.C2H6/c1-13(9-16-5-7-18(22)8-6-16)20-12-19(23)17(10-14(2)21)11-15(3)24-4;1-2/h5-8,10-11,13,19-23H,3,9,12H2,1-2,4H3;1-2H3/b14-10+,17-11+;. The van der Waals surface area contributed by atoms with Gasteiger partial charge in [-0.05, 0) is 55.7 Å². The number of rotatable bonds is 9. The molecule has 5 nitrogen and oxygen atoms in total. The summed E-state index contributed by atoms with van der Waals surface area (Å²) in [5, 5.41) is 32.3. The molecule has 26 heavy (non-hydrogen) atoms. The van der Waals surface area contributed by atoms with Crippen molar-refractivity contribution in [2.45, 2.75) is 46.3 Å². The van der Waals surface area contributed by atoms with Crippen LogP contribution in [0.2, 0.25) is 0 Å². The van der Waals surface area contributed by atoms with E-state index < -0.39 is 6.10 Å². The average Bonchev–Trinajstić information content (AvgIpc) is 2.62. The molecule has 0 aliphatic carbocycles. The van der Waals surface area contributed by atoms with Crippen molar-refractivity contribution in [2.75, 3.05) is 13.7 Å². The molecule has 0 aliphatic rings. The van der Waals surface area contributed by atoms with Gasteiger partial charge in [-0.2, -0.15) is 0 Å². The van der Waals surface area contributed by atoms with Crippen molar-refractivity contribution in [2.24, 2.45) is 0 Å². The Morgan fingerprint density at radius 1 is 1.23 bits per heavy atom. The van der Waals surface area contributed by atoms with E-state index in [-0.39, 0.29) is 17.6 Å². The van der Waals surface area contributed by atoms with Crippen LogP contribution in [0.1, 0.15) is 33.3 Å². The predicted molar refractivity (Wildman–Crippen MR) is 107 cm³/mol. The Bertz CT molecular complexity index is 587. The molecule has 5 heteroatoms. The Kier molecular flexibility index (Phi) is 11.9. The second-order valence-electron chi connectivity index (χ2n) is 5.80. The van der Waals surface area contributed by atoms with Crippen LogP contribution in [0, 0.1) is 0 Å². The van der Waals surface area contributed by atoms with Gasteiger partial charge in [-0.3, -0.25) is 0 Å². The minimum absolute atomic E-state index is 0.0985. The third kappa shape index (κ3) is 9.91. The molecule has 1 aromatic carbocycles. The van der Waals surface area contributed by atoms with Crippen LogP contribution in [0.5, 0.6) is 5.75 Å². The smallest absolute Gasteiger partial charge is 0.115 e. The Balaban J connectivity index is 0.00000301. The van der Waals surface area contributed by atoms with E-state index in [1.807, 2.05) is 32.9 Å². The van der Waals surface area contributed by atoms with E-state index in [4.69, 9.17) is 4.74 Å². The first-order valence-electron chi connectivity index (χ1n) is 8.83. The molecule has 0 radical (unpaired) electrons. The van der Waals surface area contributed by atoms with Crippen LogP contribution in [-0.4, -0.2) is 41.1 Å².